The van der Waals surface area contributed by atoms with Gasteiger partial charge < -0.3 is 10.2 Å². The van der Waals surface area contributed by atoms with Crippen molar-refractivity contribution in [2.45, 2.75) is 32.7 Å². The maximum Gasteiger partial charge on any atom is 0.295 e. The highest BCUT2D eigenvalue weighted by Gasteiger charge is 2.28. The largest absolute Gasteiger partial charge is 0.352 e. The van der Waals surface area contributed by atoms with Gasteiger partial charge in [-0.3, -0.25) is 14.2 Å². The normalized spacial score (nSPS) is 14.3. The molecular weight excluding hydrogens is 438 g/mol. The Labute approximate surface area is 204 Å². The lowest BCUT2D eigenvalue weighted by Crippen LogP contribution is -2.42. The minimum Gasteiger partial charge on any atom is -0.352 e. The molecule has 0 saturated carbocycles. The molecule has 3 heterocycles. The molecule has 1 aliphatic heterocycles. The number of aryl methyl sites for hydroxylation is 1. The number of aromatic nitrogens is 3. The van der Waals surface area contributed by atoms with E-state index in [1.54, 1.807) is 10.8 Å². The second kappa shape index (κ2) is 10.1. The van der Waals surface area contributed by atoms with Gasteiger partial charge in [0.05, 0.1) is 6.54 Å². The molecule has 0 radical (unpaired) electrons. The number of pyridine rings is 1. The van der Waals surface area contributed by atoms with E-state index in [2.05, 4.69) is 22.2 Å². The number of rotatable bonds is 6. The zero-order valence-corrected chi connectivity index (χ0v) is 19.9. The second-order valence-electron chi connectivity index (χ2n) is 8.96. The average Bonchev–Trinajstić information content (AvgIpc) is 2.91. The van der Waals surface area contributed by atoms with Gasteiger partial charge in [-0.15, -0.1) is 0 Å². The minimum atomic E-state index is -0.154. The third-order valence-corrected chi connectivity index (χ3v) is 6.66. The molecular formula is C28H29N5O2. The number of carbonyl (C=O) groups is 1. The van der Waals surface area contributed by atoms with Crippen molar-refractivity contribution in [2.24, 2.45) is 5.92 Å². The Kier molecular flexibility index (Phi) is 6.57. The van der Waals surface area contributed by atoms with Crippen molar-refractivity contribution < 1.29 is 4.79 Å². The predicted molar refractivity (Wildman–Crippen MR) is 139 cm³/mol. The number of anilines is 2. The fourth-order valence-electron chi connectivity index (χ4n) is 4.60. The zero-order chi connectivity index (χ0) is 24.2. The average molecular weight is 468 g/mol. The molecule has 0 atom stereocenters. The smallest absolute Gasteiger partial charge is 0.295 e. The summed E-state index contributed by atoms with van der Waals surface area (Å²) in [6.07, 6.45) is 4.00. The molecule has 1 N–H and O–H groups in total. The number of nitrogens with one attached hydrogen (secondary N) is 1. The van der Waals surface area contributed by atoms with Crippen LogP contribution in [0.2, 0.25) is 0 Å². The van der Waals surface area contributed by atoms with Gasteiger partial charge in [-0.2, -0.15) is 0 Å². The molecule has 1 fully saturated rings. The van der Waals surface area contributed by atoms with Crippen LogP contribution in [0.4, 0.5) is 11.5 Å². The molecule has 1 amide bonds. The molecule has 178 valence electrons. The quantitative estimate of drug-likeness (QED) is 0.458. The number of hydrogen-bond acceptors (Lipinski definition) is 5. The minimum absolute atomic E-state index is 0.0334. The van der Waals surface area contributed by atoms with Crippen molar-refractivity contribution in [1.82, 2.24) is 14.5 Å². The van der Waals surface area contributed by atoms with Crippen LogP contribution in [-0.2, 0) is 17.8 Å². The molecule has 7 heteroatoms. The SMILES string of the molecule is CCc1ccc(NC(=O)C2CCN(c3nc4cccnc4n(Cc4ccccc4)c3=O)CC2)cc1. The summed E-state index contributed by atoms with van der Waals surface area (Å²) in [5.74, 6) is 0.368. The number of carbonyl (C=O) groups excluding carboxylic acids is 1. The maximum absolute atomic E-state index is 13.5. The number of nitrogens with zero attached hydrogens (tertiary/aromatic N) is 4. The Morgan fingerprint density at radius 2 is 1.71 bits per heavy atom. The van der Waals surface area contributed by atoms with E-state index in [1.807, 2.05) is 71.6 Å². The van der Waals surface area contributed by atoms with Gasteiger partial charge in [0, 0.05) is 30.9 Å². The van der Waals surface area contributed by atoms with Crippen LogP contribution in [-0.4, -0.2) is 33.5 Å². The van der Waals surface area contributed by atoms with E-state index >= 15 is 0 Å². The zero-order valence-electron chi connectivity index (χ0n) is 19.9. The first kappa shape index (κ1) is 22.8. The molecule has 2 aromatic carbocycles. The summed E-state index contributed by atoms with van der Waals surface area (Å²) in [5.41, 5.74) is 4.20. The predicted octanol–water partition coefficient (Wildman–Crippen LogP) is 4.26. The van der Waals surface area contributed by atoms with Crippen LogP contribution >= 0.6 is 0 Å². The van der Waals surface area contributed by atoms with E-state index in [0.717, 1.165) is 17.7 Å². The van der Waals surface area contributed by atoms with Crippen molar-refractivity contribution >= 4 is 28.6 Å². The molecule has 0 spiro atoms. The topological polar surface area (TPSA) is 80.1 Å². The lowest BCUT2D eigenvalue weighted by atomic mass is 9.95. The van der Waals surface area contributed by atoms with Gasteiger partial charge in [0.25, 0.3) is 5.56 Å². The van der Waals surface area contributed by atoms with Crippen molar-refractivity contribution in [2.75, 3.05) is 23.3 Å². The van der Waals surface area contributed by atoms with E-state index in [1.165, 1.54) is 5.56 Å². The lowest BCUT2D eigenvalue weighted by Gasteiger charge is -2.32. The van der Waals surface area contributed by atoms with E-state index in [0.29, 0.717) is 49.5 Å². The standard InChI is InChI=1S/C28H29N5O2/c1-2-20-10-12-23(13-11-20)30-27(34)22-14-17-32(18-15-22)26-28(35)33(19-21-7-4-3-5-8-21)25-24(31-26)9-6-16-29-25/h3-13,16,22H,2,14-15,17-19H2,1H3,(H,30,34). The summed E-state index contributed by atoms with van der Waals surface area (Å²) in [6, 6.07) is 21.6. The van der Waals surface area contributed by atoms with Gasteiger partial charge in [0.15, 0.2) is 11.5 Å². The highest BCUT2D eigenvalue weighted by Crippen LogP contribution is 2.23. The summed E-state index contributed by atoms with van der Waals surface area (Å²) in [5, 5.41) is 3.04. The Bertz CT molecular complexity index is 1370. The number of benzene rings is 2. The van der Waals surface area contributed by atoms with Crippen LogP contribution in [0.15, 0.2) is 77.7 Å². The van der Waals surface area contributed by atoms with Crippen molar-refractivity contribution in [3.05, 3.63) is 94.4 Å². The van der Waals surface area contributed by atoms with Crippen LogP contribution in [0, 0.1) is 5.92 Å². The molecule has 1 aliphatic rings. The molecule has 0 unspecified atom stereocenters. The second-order valence-corrected chi connectivity index (χ2v) is 8.96. The van der Waals surface area contributed by atoms with Gasteiger partial charge in [-0.05, 0) is 54.7 Å². The summed E-state index contributed by atoms with van der Waals surface area (Å²) in [7, 11) is 0. The molecule has 4 aromatic rings. The Morgan fingerprint density at radius 3 is 2.43 bits per heavy atom. The fourth-order valence-corrected chi connectivity index (χ4v) is 4.60. The van der Waals surface area contributed by atoms with Gasteiger partial charge in [-0.1, -0.05) is 49.4 Å². The van der Waals surface area contributed by atoms with Gasteiger partial charge >= 0.3 is 0 Å². The Balaban J connectivity index is 1.33. The van der Waals surface area contributed by atoms with Crippen LogP contribution in [0.1, 0.15) is 30.9 Å². The van der Waals surface area contributed by atoms with Crippen molar-refractivity contribution in [3.63, 3.8) is 0 Å². The molecule has 2 aromatic heterocycles. The van der Waals surface area contributed by atoms with Gasteiger partial charge in [0.1, 0.15) is 5.52 Å². The highest BCUT2D eigenvalue weighted by molar-refractivity contribution is 5.92. The molecule has 1 saturated heterocycles. The van der Waals surface area contributed by atoms with Crippen LogP contribution in [0.5, 0.6) is 0 Å². The fraction of sp³-hybridized carbons (Fsp3) is 0.286. The third kappa shape index (κ3) is 4.94. The number of hydrogen-bond donors (Lipinski definition) is 1. The molecule has 35 heavy (non-hydrogen) atoms. The van der Waals surface area contributed by atoms with Gasteiger partial charge in [-0.25, -0.2) is 9.97 Å². The molecule has 7 nitrogen and oxygen atoms in total. The summed E-state index contributed by atoms with van der Waals surface area (Å²) in [4.78, 5) is 37.5. The monoisotopic (exact) mass is 467 g/mol. The van der Waals surface area contributed by atoms with E-state index in [4.69, 9.17) is 0 Å². The first-order chi connectivity index (χ1) is 17.1. The van der Waals surface area contributed by atoms with E-state index < -0.39 is 0 Å². The van der Waals surface area contributed by atoms with Crippen LogP contribution in [0.25, 0.3) is 11.2 Å². The van der Waals surface area contributed by atoms with Gasteiger partial charge in [0.2, 0.25) is 5.91 Å². The van der Waals surface area contributed by atoms with Crippen LogP contribution < -0.4 is 15.8 Å². The number of fused-ring (bicyclic) bond motifs is 1. The maximum atomic E-state index is 13.5. The first-order valence-electron chi connectivity index (χ1n) is 12.2. The third-order valence-electron chi connectivity index (χ3n) is 6.66. The van der Waals surface area contributed by atoms with Crippen LogP contribution in [0.3, 0.4) is 0 Å². The molecule has 0 aliphatic carbocycles. The summed E-state index contributed by atoms with van der Waals surface area (Å²) < 4.78 is 1.70. The lowest BCUT2D eigenvalue weighted by molar-refractivity contribution is -0.120. The van der Waals surface area contributed by atoms with E-state index in [-0.39, 0.29) is 17.4 Å². The summed E-state index contributed by atoms with van der Waals surface area (Å²) in [6.45, 7) is 3.75. The summed E-state index contributed by atoms with van der Waals surface area (Å²) >= 11 is 0. The Hall–Kier alpha value is -4.00. The number of piperidine rings is 1. The highest BCUT2D eigenvalue weighted by atomic mass is 16.2. The Morgan fingerprint density at radius 1 is 0.971 bits per heavy atom. The molecule has 0 bridgehead atoms. The first-order valence-corrected chi connectivity index (χ1v) is 12.2. The molecule has 5 rings (SSSR count). The van der Waals surface area contributed by atoms with Crippen molar-refractivity contribution in [3.8, 4) is 0 Å². The number of amides is 1. The van der Waals surface area contributed by atoms with Crippen molar-refractivity contribution in [1.29, 1.82) is 0 Å². The van der Waals surface area contributed by atoms with E-state index in [9.17, 15) is 9.59 Å².